The average molecular weight is 352 g/mol. The standard InChI is InChI=1S/C16H11F3N2O2S/c17-16(18,19)13-8-4-10-20-15(13)21-24(22,23)14-9-3-6-11-5-1-2-7-12(11)14/h1-10H,(H,20,21). The number of sulfonamides is 1. The van der Waals surface area contributed by atoms with Crippen molar-refractivity contribution in [2.75, 3.05) is 4.72 Å². The number of anilines is 1. The van der Waals surface area contributed by atoms with Crippen LogP contribution in [0, 0.1) is 0 Å². The molecule has 0 unspecified atom stereocenters. The molecule has 0 saturated heterocycles. The maximum Gasteiger partial charge on any atom is 0.419 e. The molecular weight excluding hydrogens is 341 g/mol. The summed E-state index contributed by atoms with van der Waals surface area (Å²) < 4.78 is 66.1. The molecule has 24 heavy (non-hydrogen) atoms. The number of rotatable bonds is 3. The third-order valence-corrected chi connectivity index (χ3v) is 4.78. The molecule has 3 rings (SSSR count). The molecule has 2 aromatic carbocycles. The van der Waals surface area contributed by atoms with E-state index in [9.17, 15) is 21.6 Å². The summed E-state index contributed by atoms with van der Waals surface area (Å²) in [5.41, 5.74) is -1.14. The van der Waals surface area contributed by atoms with Crippen molar-refractivity contribution in [3.63, 3.8) is 0 Å². The number of nitrogens with one attached hydrogen (secondary N) is 1. The van der Waals surface area contributed by atoms with Crippen LogP contribution < -0.4 is 4.72 Å². The SMILES string of the molecule is O=S(=O)(Nc1ncccc1C(F)(F)F)c1cccc2ccccc12. The van der Waals surface area contributed by atoms with Gasteiger partial charge in [0.05, 0.1) is 10.5 Å². The van der Waals surface area contributed by atoms with Gasteiger partial charge in [-0.05, 0) is 23.6 Å². The summed E-state index contributed by atoms with van der Waals surface area (Å²) in [6.07, 6.45) is -3.62. The molecule has 124 valence electrons. The molecule has 0 aliphatic heterocycles. The van der Waals surface area contributed by atoms with E-state index in [1.54, 1.807) is 30.3 Å². The van der Waals surface area contributed by atoms with Gasteiger partial charge in [0.1, 0.15) is 0 Å². The summed E-state index contributed by atoms with van der Waals surface area (Å²) in [5.74, 6) is -0.752. The van der Waals surface area contributed by atoms with Gasteiger partial charge in [-0.15, -0.1) is 0 Å². The van der Waals surface area contributed by atoms with Gasteiger partial charge < -0.3 is 0 Å². The van der Waals surface area contributed by atoms with Gasteiger partial charge in [0.15, 0.2) is 5.82 Å². The van der Waals surface area contributed by atoms with Crippen molar-refractivity contribution in [2.45, 2.75) is 11.1 Å². The molecule has 1 heterocycles. The fourth-order valence-electron chi connectivity index (χ4n) is 2.33. The van der Waals surface area contributed by atoms with E-state index in [1.807, 2.05) is 4.72 Å². The summed E-state index contributed by atoms with van der Waals surface area (Å²) in [6, 6.07) is 13.2. The average Bonchev–Trinajstić information content (AvgIpc) is 2.53. The Hall–Kier alpha value is -2.61. The smallest absolute Gasteiger partial charge is 0.263 e. The van der Waals surface area contributed by atoms with Crippen molar-refractivity contribution in [1.82, 2.24) is 4.98 Å². The molecule has 1 aromatic heterocycles. The summed E-state index contributed by atoms with van der Waals surface area (Å²) >= 11 is 0. The first-order valence-electron chi connectivity index (χ1n) is 6.82. The number of halogens is 3. The summed E-state index contributed by atoms with van der Waals surface area (Å²) in [6.45, 7) is 0. The van der Waals surface area contributed by atoms with E-state index in [-0.39, 0.29) is 4.90 Å². The molecule has 0 saturated carbocycles. The van der Waals surface area contributed by atoms with Gasteiger partial charge in [0.2, 0.25) is 0 Å². The largest absolute Gasteiger partial charge is 0.419 e. The predicted molar refractivity (Wildman–Crippen MR) is 84.0 cm³/mol. The van der Waals surface area contributed by atoms with E-state index in [4.69, 9.17) is 0 Å². The zero-order chi connectivity index (χ0) is 17.4. The van der Waals surface area contributed by atoms with Crippen LogP contribution >= 0.6 is 0 Å². The van der Waals surface area contributed by atoms with E-state index < -0.39 is 27.6 Å². The van der Waals surface area contributed by atoms with Gasteiger partial charge in [0.25, 0.3) is 10.0 Å². The van der Waals surface area contributed by atoms with Gasteiger partial charge in [-0.2, -0.15) is 13.2 Å². The minimum absolute atomic E-state index is 0.112. The van der Waals surface area contributed by atoms with Crippen molar-refractivity contribution >= 4 is 26.6 Å². The van der Waals surface area contributed by atoms with E-state index in [0.717, 1.165) is 18.3 Å². The Labute approximate surface area is 136 Å². The summed E-state index contributed by atoms with van der Waals surface area (Å²) in [4.78, 5) is 3.41. The van der Waals surface area contributed by atoms with Gasteiger partial charge in [0, 0.05) is 11.6 Å². The molecule has 0 aliphatic rings. The van der Waals surface area contributed by atoms with Crippen LogP contribution in [-0.2, 0) is 16.2 Å². The third-order valence-electron chi connectivity index (χ3n) is 3.38. The first-order chi connectivity index (χ1) is 11.3. The second kappa shape index (κ2) is 5.79. The van der Waals surface area contributed by atoms with Crippen LogP contribution in [0.4, 0.5) is 19.0 Å². The Morgan fingerprint density at radius 3 is 2.38 bits per heavy atom. The van der Waals surface area contributed by atoms with Crippen LogP contribution in [-0.4, -0.2) is 13.4 Å². The highest BCUT2D eigenvalue weighted by Gasteiger charge is 2.35. The minimum atomic E-state index is -4.72. The Morgan fingerprint density at radius 2 is 1.62 bits per heavy atom. The van der Waals surface area contributed by atoms with Gasteiger partial charge >= 0.3 is 6.18 Å². The third kappa shape index (κ3) is 3.05. The first-order valence-corrected chi connectivity index (χ1v) is 8.30. The summed E-state index contributed by atoms with van der Waals surface area (Å²) in [7, 11) is -4.24. The molecule has 0 amide bonds. The number of aromatic nitrogens is 1. The van der Waals surface area contributed by atoms with E-state index in [1.165, 1.54) is 12.1 Å². The van der Waals surface area contributed by atoms with Crippen LogP contribution in [0.3, 0.4) is 0 Å². The maximum absolute atomic E-state index is 13.0. The van der Waals surface area contributed by atoms with Crippen molar-refractivity contribution in [3.8, 4) is 0 Å². The van der Waals surface area contributed by atoms with Gasteiger partial charge in [-0.3, -0.25) is 4.72 Å². The van der Waals surface area contributed by atoms with Crippen molar-refractivity contribution in [1.29, 1.82) is 0 Å². The van der Waals surface area contributed by atoms with Gasteiger partial charge in [-0.25, -0.2) is 13.4 Å². The van der Waals surface area contributed by atoms with Crippen LogP contribution in [0.1, 0.15) is 5.56 Å². The highest BCUT2D eigenvalue weighted by Crippen LogP contribution is 2.34. The monoisotopic (exact) mass is 352 g/mol. The molecule has 3 aromatic rings. The number of nitrogens with zero attached hydrogens (tertiary/aromatic N) is 1. The Kier molecular flexibility index (Phi) is 3.92. The Morgan fingerprint density at radius 1 is 0.917 bits per heavy atom. The van der Waals surface area contributed by atoms with Crippen LogP contribution in [0.25, 0.3) is 10.8 Å². The van der Waals surface area contributed by atoms with Crippen LogP contribution in [0.2, 0.25) is 0 Å². The topological polar surface area (TPSA) is 59.1 Å². The zero-order valence-electron chi connectivity index (χ0n) is 12.1. The maximum atomic E-state index is 13.0. The number of fused-ring (bicyclic) bond motifs is 1. The lowest BCUT2D eigenvalue weighted by molar-refractivity contribution is -0.137. The van der Waals surface area contributed by atoms with E-state index in [2.05, 4.69) is 4.98 Å². The predicted octanol–water partition coefficient (Wildman–Crippen LogP) is 4.05. The molecule has 0 spiro atoms. The zero-order valence-corrected chi connectivity index (χ0v) is 12.9. The fraction of sp³-hybridized carbons (Fsp3) is 0.0625. The summed E-state index contributed by atoms with van der Waals surface area (Å²) in [5, 5.41) is 1.08. The lowest BCUT2D eigenvalue weighted by Gasteiger charge is -2.14. The quantitative estimate of drug-likeness (QED) is 0.773. The molecule has 4 nitrogen and oxygen atoms in total. The minimum Gasteiger partial charge on any atom is -0.263 e. The molecule has 8 heteroatoms. The normalized spacial score (nSPS) is 12.3. The van der Waals surface area contributed by atoms with E-state index >= 15 is 0 Å². The number of pyridine rings is 1. The molecule has 0 atom stereocenters. The number of alkyl halides is 3. The Balaban J connectivity index is 2.10. The highest BCUT2D eigenvalue weighted by molar-refractivity contribution is 7.93. The molecule has 0 radical (unpaired) electrons. The van der Waals surface area contributed by atoms with Crippen LogP contribution in [0.15, 0.2) is 65.7 Å². The van der Waals surface area contributed by atoms with Crippen molar-refractivity contribution < 1.29 is 21.6 Å². The number of hydrogen-bond acceptors (Lipinski definition) is 3. The molecule has 1 N–H and O–H groups in total. The second-order valence-electron chi connectivity index (χ2n) is 4.98. The lowest BCUT2D eigenvalue weighted by Crippen LogP contribution is -2.18. The Bertz CT molecular complexity index is 996. The van der Waals surface area contributed by atoms with E-state index in [0.29, 0.717) is 10.8 Å². The number of benzene rings is 2. The van der Waals surface area contributed by atoms with Gasteiger partial charge in [-0.1, -0.05) is 36.4 Å². The first kappa shape index (κ1) is 16.3. The van der Waals surface area contributed by atoms with Crippen molar-refractivity contribution in [3.05, 3.63) is 66.4 Å². The lowest BCUT2D eigenvalue weighted by atomic mass is 10.1. The number of hydrogen-bond donors (Lipinski definition) is 1. The van der Waals surface area contributed by atoms with Crippen LogP contribution in [0.5, 0.6) is 0 Å². The molecule has 0 fully saturated rings. The molecular formula is C16H11F3N2O2S. The molecule has 0 aliphatic carbocycles. The molecule has 0 bridgehead atoms. The fourth-order valence-corrected chi connectivity index (χ4v) is 3.59. The van der Waals surface area contributed by atoms with Crippen molar-refractivity contribution in [2.24, 2.45) is 0 Å². The second-order valence-corrected chi connectivity index (χ2v) is 6.63. The highest BCUT2D eigenvalue weighted by atomic mass is 32.2.